The minimum absolute atomic E-state index is 0.145. The van der Waals surface area contributed by atoms with Gasteiger partial charge in [0.15, 0.2) is 0 Å². The van der Waals surface area contributed by atoms with Crippen molar-refractivity contribution in [2.75, 3.05) is 11.4 Å². The average Bonchev–Trinajstić information content (AvgIpc) is 3.49. The maximum atomic E-state index is 15.1. The summed E-state index contributed by atoms with van der Waals surface area (Å²) in [5, 5.41) is 17.8. The summed E-state index contributed by atoms with van der Waals surface area (Å²) in [7, 11) is 1.72. The van der Waals surface area contributed by atoms with E-state index in [1.165, 1.54) is 17.8 Å². The summed E-state index contributed by atoms with van der Waals surface area (Å²) in [5.74, 6) is -0.518. The van der Waals surface area contributed by atoms with Crippen LogP contribution in [0.4, 0.5) is 10.3 Å². The fourth-order valence-electron chi connectivity index (χ4n) is 4.53. The van der Waals surface area contributed by atoms with Gasteiger partial charge in [-0.25, -0.2) is 4.39 Å². The van der Waals surface area contributed by atoms with Gasteiger partial charge in [0.2, 0.25) is 11.8 Å². The van der Waals surface area contributed by atoms with E-state index < -0.39 is 5.92 Å². The number of rotatable bonds is 5. The number of hydrogen-bond donors (Lipinski definition) is 2. The summed E-state index contributed by atoms with van der Waals surface area (Å²) in [6.07, 6.45) is 0.517. The Hall–Kier alpha value is -3.82. The van der Waals surface area contributed by atoms with Crippen LogP contribution >= 0.6 is 0 Å². The minimum atomic E-state index is -0.430. The topological polar surface area (TPSA) is 105 Å². The molecule has 1 aromatic heterocycles. The molecule has 0 spiro atoms. The van der Waals surface area contributed by atoms with Gasteiger partial charge in [-0.1, -0.05) is 29.4 Å². The lowest BCUT2D eigenvalue weighted by atomic mass is 9.92. The lowest BCUT2D eigenvalue weighted by molar-refractivity contribution is -0.121. The van der Waals surface area contributed by atoms with Gasteiger partial charge in [0.05, 0.1) is 13.0 Å². The highest BCUT2D eigenvalue weighted by Gasteiger charge is 2.33. The molecule has 2 atom stereocenters. The largest absolute Gasteiger partial charge is 0.354 e. The molecule has 10 heteroatoms. The Labute approximate surface area is 190 Å². The Kier molecular flexibility index (Phi) is 5.27. The molecule has 33 heavy (non-hydrogen) atoms. The number of hydrogen-bond acceptors (Lipinski definition) is 6. The molecule has 2 aliphatic rings. The standard InChI is InChI=1S/C23H24FN7O2/c1-13(32)25-10-18-9-20(22(33)26-18)15-5-6-19(21(24)8-15)14-3-4-16-11-31(12-17(16)7-14)23-27-29-30(2)28-23/h3-8,18,20H,9-12H2,1-2H3,(H,25,32)(H,26,33)/t18?,20-/m0/s1. The summed E-state index contributed by atoms with van der Waals surface area (Å²) in [4.78, 5) is 27.0. The number of carbonyl (C=O) groups is 2. The Morgan fingerprint density at radius 2 is 2.03 bits per heavy atom. The molecule has 0 saturated carbocycles. The Bertz CT molecular complexity index is 1240. The first-order valence-electron chi connectivity index (χ1n) is 10.8. The van der Waals surface area contributed by atoms with E-state index in [-0.39, 0.29) is 23.7 Å². The fraction of sp³-hybridized carbons (Fsp3) is 0.348. The molecule has 0 bridgehead atoms. The molecule has 2 N–H and O–H groups in total. The van der Waals surface area contributed by atoms with Crippen molar-refractivity contribution in [1.29, 1.82) is 0 Å². The van der Waals surface area contributed by atoms with E-state index in [1.807, 2.05) is 29.2 Å². The van der Waals surface area contributed by atoms with Gasteiger partial charge in [-0.2, -0.15) is 4.80 Å². The van der Waals surface area contributed by atoms with Crippen molar-refractivity contribution >= 4 is 17.8 Å². The van der Waals surface area contributed by atoms with Crippen molar-refractivity contribution in [3.63, 3.8) is 0 Å². The number of aryl methyl sites for hydroxylation is 1. The number of nitrogens with zero attached hydrogens (tertiary/aromatic N) is 5. The number of benzene rings is 2. The van der Waals surface area contributed by atoms with Crippen molar-refractivity contribution < 1.29 is 14.0 Å². The van der Waals surface area contributed by atoms with Gasteiger partial charge in [-0.15, -0.1) is 5.10 Å². The quantitative estimate of drug-likeness (QED) is 0.614. The van der Waals surface area contributed by atoms with Gasteiger partial charge in [0.25, 0.3) is 5.95 Å². The lowest BCUT2D eigenvalue weighted by Crippen LogP contribution is -2.37. The lowest BCUT2D eigenvalue weighted by Gasteiger charge is -2.12. The Morgan fingerprint density at radius 1 is 1.21 bits per heavy atom. The maximum absolute atomic E-state index is 15.1. The molecule has 0 radical (unpaired) electrons. The van der Waals surface area contributed by atoms with Crippen LogP contribution in [0.1, 0.15) is 36.0 Å². The van der Waals surface area contributed by atoms with Gasteiger partial charge in [-0.3, -0.25) is 9.59 Å². The summed E-state index contributed by atoms with van der Waals surface area (Å²) in [6.45, 7) is 3.12. The molecule has 5 rings (SSSR count). The second-order valence-corrected chi connectivity index (χ2v) is 8.59. The SMILES string of the molecule is CC(=O)NCC1C[C@@H](c2ccc(-c3ccc4c(c3)CN(c3nnn(C)n3)C4)c(F)c2)C(=O)N1. The summed E-state index contributed by atoms with van der Waals surface area (Å²) in [6, 6.07) is 10.8. The first-order chi connectivity index (χ1) is 15.9. The van der Waals surface area contributed by atoms with Crippen LogP contribution in [0.25, 0.3) is 11.1 Å². The van der Waals surface area contributed by atoms with Crippen LogP contribution in [0.15, 0.2) is 36.4 Å². The highest BCUT2D eigenvalue weighted by atomic mass is 19.1. The number of halogens is 1. The van der Waals surface area contributed by atoms with Crippen molar-refractivity contribution in [3.8, 4) is 11.1 Å². The maximum Gasteiger partial charge on any atom is 0.266 e. The normalized spacial score (nSPS) is 19.5. The van der Waals surface area contributed by atoms with Crippen molar-refractivity contribution in [3.05, 3.63) is 58.9 Å². The average molecular weight is 449 g/mol. The zero-order chi connectivity index (χ0) is 23.1. The molecule has 2 amide bonds. The van der Waals surface area contributed by atoms with Gasteiger partial charge in [-0.05, 0) is 46.0 Å². The number of tetrazole rings is 1. The molecule has 3 heterocycles. The van der Waals surface area contributed by atoms with Crippen LogP contribution in [0.3, 0.4) is 0 Å². The molecule has 1 unspecified atom stereocenters. The number of carbonyl (C=O) groups excluding carboxylic acids is 2. The molecular weight excluding hydrogens is 425 g/mol. The van der Waals surface area contributed by atoms with Crippen molar-refractivity contribution in [2.45, 2.75) is 38.4 Å². The summed E-state index contributed by atoms with van der Waals surface area (Å²) < 4.78 is 15.1. The molecule has 2 aliphatic heterocycles. The van der Waals surface area contributed by atoms with E-state index in [2.05, 4.69) is 26.0 Å². The van der Waals surface area contributed by atoms with E-state index in [0.717, 1.165) is 16.7 Å². The number of fused-ring (bicyclic) bond motifs is 1. The van der Waals surface area contributed by atoms with Crippen LogP contribution < -0.4 is 15.5 Å². The fourth-order valence-corrected chi connectivity index (χ4v) is 4.53. The van der Waals surface area contributed by atoms with E-state index in [0.29, 0.717) is 43.1 Å². The molecular formula is C23H24FN7O2. The van der Waals surface area contributed by atoms with Gasteiger partial charge in [0, 0.05) is 38.2 Å². The second-order valence-electron chi connectivity index (χ2n) is 8.59. The molecule has 170 valence electrons. The molecule has 2 aromatic carbocycles. The van der Waals surface area contributed by atoms with E-state index in [1.54, 1.807) is 13.1 Å². The van der Waals surface area contributed by atoms with Gasteiger partial charge >= 0.3 is 0 Å². The van der Waals surface area contributed by atoms with Gasteiger partial charge < -0.3 is 15.5 Å². The highest BCUT2D eigenvalue weighted by molar-refractivity contribution is 5.86. The predicted octanol–water partition coefficient (Wildman–Crippen LogP) is 1.64. The number of amides is 2. The smallest absolute Gasteiger partial charge is 0.266 e. The molecule has 0 aliphatic carbocycles. The Morgan fingerprint density at radius 3 is 2.76 bits per heavy atom. The number of nitrogens with one attached hydrogen (secondary N) is 2. The number of anilines is 1. The first kappa shape index (κ1) is 21.0. The van der Waals surface area contributed by atoms with Crippen LogP contribution in [0.5, 0.6) is 0 Å². The monoisotopic (exact) mass is 449 g/mol. The highest BCUT2D eigenvalue weighted by Crippen LogP contribution is 2.34. The third-order valence-electron chi connectivity index (χ3n) is 6.20. The molecule has 9 nitrogen and oxygen atoms in total. The van der Waals surface area contributed by atoms with E-state index in [4.69, 9.17) is 0 Å². The second kappa shape index (κ2) is 8.27. The Balaban J connectivity index is 1.33. The van der Waals surface area contributed by atoms with Crippen LogP contribution in [-0.4, -0.2) is 44.6 Å². The molecule has 3 aromatic rings. The van der Waals surface area contributed by atoms with Gasteiger partial charge in [0.1, 0.15) is 5.82 Å². The number of aromatic nitrogens is 4. The van der Waals surface area contributed by atoms with Crippen LogP contribution in [0.2, 0.25) is 0 Å². The summed E-state index contributed by atoms with van der Waals surface area (Å²) in [5.41, 5.74) is 4.16. The third kappa shape index (κ3) is 4.15. The third-order valence-corrected chi connectivity index (χ3v) is 6.20. The summed E-state index contributed by atoms with van der Waals surface area (Å²) >= 11 is 0. The van der Waals surface area contributed by atoms with Crippen molar-refractivity contribution in [1.82, 2.24) is 30.8 Å². The van der Waals surface area contributed by atoms with E-state index >= 15 is 4.39 Å². The minimum Gasteiger partial charge on any atom is -0.354 e. The molecule has 1 fully saturated rings. The van der Waals surface area contributed by atoms with Crippen molar-refractivity contribution in [2.24, 2.45) is 7.05 Å². The van der Waals surface area contributed by atoms with Crippen LogP contribution in [0, 0.1) is 5.82 Å². The van der Waals surface area contributed by atoms with Crippen LogP contribution in [-0.2, 0) is 29.7 Å². The molecule has 1 saturated heterocycles. The zero-order valence-corrected chi connectivity index (χ0v) is 18.4. The first-order valence-corrected chi connectivity index (χ1v) is 10.8. The van der Waals surface area contributed by atoms with E-state index in [9.17, 15) is 9.59 Å². The zero-order valence-electron chi connectivity index (χ0n) is 18.4. The predicted molar refractivity (Wildman–Crippen MR) is 118 cm³/mol.